The Balaban J connectivity index is 0.000000132. The van der Waals surface area contributed by atoms with Gasteiger partial charge in [-0.3, -0.25) is 24.0 Å². The molecule has 0 aromatic heterocycles. The average Bonchev–Trinajstić information content (AvgIpc) is 0.728. The summed E-state index contributed by atoms with van der Waals surface area (Å²) in [6.45, 7) is 72.1. The maximum absolute atomic E-state index is 14.2. The standard InChI is InChI=1S/C31H49ClO.C30H46O4.2C30H48O3.C4H8O2.Cl2OS/c1-20(33)28(5)16-15-27(4)17-18-30(7)21(22(27)19-28)9-10-24-29(6)13-12-25(32)26(2,3)23(29)11-14-31(24,30)8;1-25(2)21-8-11-30(7)23(28(21,5)10-9-22(25)32)20(31)16-18-19-17-27(4,24(33)34)13-12-26(19,3)14-15-29(18,30)6;2*1-25(2)21-10-13-30(7)22(28(21,5)12-11-23(25)31)9-8-19-20-18-27(4,24(32)33)15-14-26(20,3)16-17-29(19,30)6;1-2-6-4-3-5-1;1-4(2)3/h9,22-25H,10-19H2,1-8H3;16,19,21-23,32H,8-15,17H2,1-7H3,(H,33,34);2*8,20-23,31H,9-18H2,1-7H3,(H,32,33);1-4H2;/t22?,23?,24?,25-,27+,28-,29-,30+,31+;19?,21?,22-,23?,26+,27-,28-,29+,30+;2*20?,21?,22?,23-,26+,27-,28-,29+,30+;;/m0000../s1. The van der Waals surface area contributed by atoms with Crippen LogP contribution < -0.4 is 0 Å². The largest absolute Gasteiger partial charge is 0.481 e. The number of alkyl halides is 1. The maximum Gasteiger partial charge on any atom is 0.309 e. The minimum absolute atomic E-state index is 0.0168. The Hall–Kier alpha value is -2.47. The first kappa shape index (κ1) is 113. The highest BCUT2D eigenvalue weighted by atomic mass is 36.0. The lowest BCUT2D eigenvalue weighted by Gasteiger charge is -2.71. The molecule has 0 aromatic carbocycles. The molecule has 1 saturated heterocycles. The summed E-state index contributed by atoms with van der Waals surface area (Å²) >= 11 is 6.94. The average molecular weight is 2060 g/mol. The molecule has 20 aliphatic carbocycles. The fourth-order valence-corrected chi connectivity index (χ4v) is 42.8. The summed E-state index contributed by atoms with van der Waals surface area (Å²) in [5, 5.41) is 63.1. The van der Waals surface area contributed by atoms with Gasteiger partial charge in [0.25, 0.3) is 0 Å². The van der Waals surface area contributed by atoms with Gasteiger partial charge in [-0.1, -0.05) is 214 Å². The third kappa shape index (κ3) is 17.0. The van der Waals surface area contributed by atoms with Crippen molar-refractivity contribution in [2.75, 3.05) is 26.4 Å². The number of hydrogen-bond donors (Lipinski definition) is 6. The number of aliphatic hydroxyl groups is 3. The highest BCUT2D eigenvalue weighted by Crippen LogP contribution is 2.83. The molecule has 0 bridgehead atoms. The minimum atomic E-state index is -1.67. The molecule has 0 spiro atoms. The summed E-state index contributed by atoms with van der Waals surface area (Å²) in [7, 11) is 7.36. The van der Waals surface area contributed by atoms with Crippen LogP contribution in [-0.4, -0.2) is 114 Å². The van der Waals surface area contributed by atoms with Gasteiger partial charge in [0.05, 0.1) is 61.0 Å². The van der Waals surface area contributed by atoms with Crippen molar-refractivity contribution in [3.8, 4) is 0 Å². The fourth-order valence-electron chi connectivity index (χ4n) is 42.5. The zero-order chi connectivity index (χ0) is 106. The molecule has 810 valence electrons. The molecule has 21 rings (SSSR count). The number of allylic oxidation sites excluding steroid dienone is 8. The molecular formula is C125H199Cl3O14S. The molecule has 0 aromatic rings. The number of carbonyl (C=O) groups excluding carboxylic acids is 2. The SMILES string of the molecule is C1COCCO1.CC(=O)[C@@]1(C)CC[C@]2(C)CC[C@]3(C)C(=CCC4[C@@]5(C)CC[C@H](Cl)C(C)(C)C5CC[C@]43C)C2C1.CC1(C)C2CC[C@]3(C)C(C(=O)C=C4C5C[C@@](C)(C(=O)O)CC[C@]5(C)CC[C@]43C)[C@@]2(C)CC[C@@H]1O.CC1(C)C2CC[C@]3(C)C(CC=C4C5C[C@@](C)(C(=O)O)CC[C@]5(C)CC[C@]43C)[C@@]2(C)CC[C@@H]1O.CC1(C)C2CC[C@]3(C)C(CC=C4C5C[C@@](C)(C(=O)O)CC[C@]5(C)CC[C@]43C)[C@@]2(C)CC[C@@H]1O.O=S(Cl)Cl. The van der Waals surface area contributed by atoms with Gasteiger partial charge in [-0.25, -0.2) is 4.21 Å². The predicted octanol–water partition coefficient (Wildman–Crippen LogP) is 30.9. The summed E-state index contributed by atoms with van der Waals surface area (Å²) < 4.78 is 19.0. The summed E-state index contributed by atoms with van der Waals surface area (Å²) in [5.41, 5.74) is 7.26. The first-order valence-electron chi connectivity index (χ1n) is 57.9. The predicted molar refractivity (Wildman–Crippen MR) is 579 cm³/mol. The van der Waals surface area contributed by atoms with Gasteiger partial charge in [-0.15, -0.1) is 11.6 Å². The highest BCUT2D eigenvalue weighted by molar-refractivity contribution is 8.26. The Bertz CT molecular complexity index is 4700. The second kappa shape index (κ2) is 37.1. The molecular weight excluding hydrogens is 1860 g/mol. The Kier molecular flexibility index (Phi) is 29.4. The molecule has 0 amide bonds. The van der Waals surface area contributed by atoms with Crippen LogP contribution in [-0.2, 0) is 42.7 Å². The van der Waals surface area contributed by atoms with E-state index >= 15 is 0 Å². The van der Waals surface area contributed by atoms with Gasteiger partial charge in [0.1, 0.15) is 5.78 Å². The number of aliphatic carboxylic acids is 3. The van der Waals surface area contributed by atoms with Gasteiger partial charge < -0.3 is 40.1 Å². The molecule has 21 aliphatic rings. The fraction of sp³-hybridized carbons (Fsp3) is 0.896. The Morgan fingerprint density at radius 2 is 0.559 bits per heavy atom. The molecule has 1 aliphatic heterocycles. The summed E-state index contributed by atoms with van der Waals surface area (Å²) in [6, 6.07) is 0. The zero-order valence-electron chi connectivity index (χ0n) is 94.9. The lowest BCUT2D eigenvalue weighted by atomic mass is 9.33. The van der Waals surface area contributed by atoms with Crippen molar-refractivity contribution in [2.24, 2.45) is 201 Å². The number of ketones is 2. The van der Waals surface area contributed by atoms with Crippen LogP contribution in [0.1, 0.15) is 451 Å². The number of carboxylic acids is 3. The minimum Gasteiger partial charge on any atom is -0.481 e. The van der Waals surface area contributed by atoms with E-state index < -0.39 is 43.4 Å². The van der Waals surface area contributed by atoms with Crippen LogP contribution in [0.15, 0.2) is 46.6 Å². The first-order valence-corrected chi connectivity index (χ1v) is 61.1. The second-order valence-electron chi connectivity index (χ2n) is 61.4. The molecule has 18 heteroatoms. The van der Waals surface area contributed by atoms with Crippen LogP contribution in [0.25, 0.3) is 0 Å². The van der Waals surface area contributed by atoms with E-state index in [0.717, 1.165) is 180 Å². The second-order valence-corrected chi connectivity index (χ2v) is 64.4. The third-order valence-corrected chi connectivity index (χ3v) is 54.8. The van der Waals surface area contributed by atoms with Crippen molar-refractivity contribution in [2.45, 2.75) is 475 Å². The van der Waals surface area contributed by atoms with E-state index in [1.165, 1.54) is 108 Å². The van der Waals surface area contributed by atoms with E-state index in [0.29, 0.717) is 81.2 Å². The molecule has 14 nitrogen and oxygen atoms in total. The zero-order valence-corrected chi connectivity index (χ0v) is 98.0. The molecule has 143 heavy (non-hydrogen) atoms. The van der Waals surface area contributed by atoms with E-state index in [1.54, 1.807) is 16.7 Å². The summed E-state index contributed by atoms with van der Waals surface area (Å²) in [4.78, 5) is 63.6. The molecule has 6 N–H and O–H groups in total. The van der Waals surface area contributed by atoms with Crippen molar-refractivity contribution in [1.29, 1.82) is 0 Å². The molecule has 1 heterocycles. The molecule has 36 atom stereocenters. The number of Topliss-reactive ketones (excluding diaryl/α,β-unsaturated/α-hetero) is 1. The van der Waals surface area contributed by atoms with Crippen LogP contribution in [0.5, 0.6) is 0 Å². The van der Waals surface area contributed by atoms with Gasteiger partial charge in [-0.2, -0.15) is 0 Å². The number of ether oxygens (including phenoxy) is 2. The molecule has 12 unspecified atom stereocenters. The van der Waals surface area contributed by atoms with Gasteiger partial charge in [0, 0.05) is 38.1 Å². The number of halogens is 3. The number of carboxylic acid groups (broad SMARTS) is 3. The van der Waals surface area contributed by atoms with Crippen LogP contribution in [0.4, 0.5) is 0 Å². The van der Waals surface area contributed by atoms with Gasteiger partial charge in [0.15, 0.2) is 5.78 Å². The van der Waals surface area contributed by atoms with Gasteiger partial charge >= 0.3 is 17.9 Å². The normalized spacial score (nSPS) is 52.4. The first-order chi connectivity index (χ1) is 65.7. The van der Waals surface area contributed by atoms with Crippen LogP contribution in [0, 0.1) is 201 Å². The van der Waals surface area contributed by atoms with Crippen molar-refractivity contribution >= 4 is 71.7 Å². The van der Waals surface area contributed by atoms with Crippen molar-refractivity contribution in [3.05, 3.63) is 46.6 Å². The van der Waals surface area contributed by atoms with E-state index in [-0.39, 0.29) is 133 Å². The smallest absolute Gasteiger partial charge is 0.309 e. The van der Waals surface area contributed by atoms with Crippen LogP contribution in [0.2, 0.25) is 0 Å². The Labute approximate surface area is 882 Å². The maximum atomic E-state index is 14.2. The number of aliphatic hydroxyl groups excluding tert-OH is 3. The Morgan fingerprint density at radius 1 is 0.315 bits per heavy atom. The number of fused-ring (bicyclic) bond motifs is 28. The van der Waals surface area contributed by atoms with Gasteiger partial charge in [-0.05, 0) is 458 Å². The van der Waals surface area contributed by atoms with E-state index in [4.69, 9.17) is 25.3 Å². The van der Waals surface area contributed by atoms with Crippen LogP contribution in [0.3, 0.4) is 0 Å². The molecule has 17 fully saturated rings. The molecule has 16 saturated carbocycles. The topological polar surface area (TPSA) is 242 Å². The lowest BCUT2D eigenvalue weighted by molar-refractivity contribution is -0.203. The number of carbonyl (C=O) groups is 5. The van der Waals surface area contributed by atoms with Crippen molar-refractivity contribution in [3.63, 3.8) is 0 Å². The van der Waals surface area contributed by atoms with E-state index in [9.17, 15) is 54.6 Å². The van der Waals surface area contributed by atoms with Crippen molar-refractivity contribution < 1.29 is 68.3 Å². The quantitative estimate of drug-likeness (QED) is 0.0872. The molecule has 0 radical (unpaired) electrons. The Morgan fingerprint density at radius 3 is 0.853 bits per heavy atom. The van der Waals surface area contributed by atoms with Gasteiger partial charge in [0.2, 0.25) is 9.23 Å². The van der Waals surface area contributed by atoms with E-state index in [2.05, 4.69) is 213 Å². The summed E-state index contributed by atoms with van der Waals surface area (Å²) in [5.74, 6) is 4.54. The highest BCUT2D eigenvalue weighted by Gasteiger charge is 2.76. The lowest BCUT2D eigenvalue weighted by Crippen LogP contribution is -2.66. The third-order valence-electron chi connectivity index (χ3n) is 54.1. The van der Waals surface area contributed by atoms with Crippen molar-refractivity contribution in [1.82, 2.24) is 0 Å². The number of rotatable bonds is 4. The van der Waals surface area contributed by atoms with E-state index in [1.807, 2.05) is 33.8 Å². The monoisotopic (exact) mass is 2060 g/mol. The summed E-state index contributed by atoms with van der Waals surface area (Å²) in [6.07, 6.45) is 51.5. The van der Waals surface area contributed by atoms with Crippen LogP contribution >= 0.6 is 33.0 Å². The number of hydrogen-bond acceptors (Lipinski definition) is 11.